The van der Waals surface area contributed by atoms with Gasteiger partial charge in [0.15, 0.2) is 0 Å². The molecule has 6 nitrogen and oxygen atoms in total. The van der Waals surface area contributed by atoms with Crippen molar-refractivity contribution in [1.82, 2.24) is 9.88 Å². The average Bonchev–Trinajstić information content (AvgIpc) is 3.24. The maximum absolute atomic E-state index is 14.4. The predicted molar refractivity (Wildman–Crippen MR) is 80.1 cm³/mol. The Kier molecular flexibility index (Phi) is 6.12. The van der Waals surface area contributed by atoms with Gasteiger partial charge in [0, 0.05) is 6.54 Å². The Balaban J connectivity index is 2.16. The van der Waals surface area contributed by atoms with E-state index in [1.54, 1.807) is 4.90 Å². The Labute approximate surface area is 135 Å². The molecule has 0 spiro atoms. The lowest BCUT2D eigenvalue weighted by atomic mass is 9.94. The highest BCUT2D eigenvalue weighted by atomic mass is 19.1. The van der Waals surface area contributed by atoms with Crippen LogP contribution in [-0.2, 0) is 14.3 Å². The first-order valence-electron chi connectivity index (χ1n) is 8.01. The number of alkyl halides is 1. The molecular weight excluding hydrogens is 303 g/mol. The molecule has 0 saturated carbocycles. The molecule has 2 unspecified atom stereocenters. The molecule has 0 aromatic carbocycles. The number of aromatic nitrogens is 1. The lowest BCUT2D eigenvalue weighted by molar-refractivity contribution is -0.155. The number of carbonyl (C=O) groups excluding carboxylic acids is 2. The smallest absolute Gasteiger partial charge is 0.341 e. The van der Waals surface area contributed by atoms with Crippen LogP contribution in [0.3, 0.4) is 0 Å². The first-order chi connectivity index (χ1) is 11.1. The Morgan fingerprint density at radius 3 is 2.96 bits per heavy atom. The second kappa shape index (κ2) is 8.08. The van der Waals surface area contributed by atoms with E-state index in [2.05, 4.69) is 9.72 Å². The van der Waals surface area contributed by atoms with E-state index in [0.29, 0.717) is 25.3 Å². The molecule has 1 fully saturated rings. The number of hydrogen-bond acceptors (Lipinski definition) is 5. The highest BCUT2D eigenvalue weighted by Crippen LogP contribution is 2.34. The van der Waals surface area contributed by atoms with Crippen LogP contribution >= 0.6 is 0 Å². The molecule has 2 rings (SSSR count). The van der Waals surface area contributed by atoms with Crippen molar-refractivity contribution < 1.29 is 23.1 Å². The van der Waals surface area contributed by atoms with Gasteiger partial charge in [-0.25, -0.2) is 14.2 Å². The molecule has 2 heterocycles. The van der Waals surface area contributed by atoms with Gasteiger partial charge in [-0.05, 0) is 19.3 Å². The van der Waals surface area contributed by atoms with Crippen molar-refractivity contribution in [2.75, 3.05) is 13.7 Å². The fourth-order valence-corrected chi connectivity index (χ4v) is 3.00. The largest absolute Gasteiger partial charge is 0.467 e. The van der Waals surface area contributed by atoms with Crippen LogP contribution in [0.4, 0.5) is 4.39 Å². The molecule has 1 amide bonds. The SMILES string of the molecule is CCCCC(C(=O)N1CCC[C@H]1c1ncco1)C(F)C(=O)OC. The van der Waals surface area contributed by atoms with E-state index in [-0.39, 0.29) is 11.9 Å². The predicted octanol–water partition coefficient (Wildman–Crippen LogP) is 2.66. The Morgan fingerprint density at radius 2 is 2.35 bits per heavy atom. The van der Waals surface area contributed by atoms with Gasteiger partial charge < -0.3 is 14.1 Å². The fraction of sp³-hybridized carbons (Fsp3) is 0.688. The third kappa shape index (κ3) is 3.89. The highest BCUT2D eigenvalue weighted by molar-refractivity contribution is 5.87. The zero-order valence-corrected chi connectivity index (χ0v) is 13.5. The number of likely N-dealkylation sites (tertiary alicyclic amines) is 1. The second-order valence-corrected chi connectivity index (χ2v) is 5.73. The number of halogens is 1. The number of nitrogens with zero attached hydrogens (tertiary/aromatic N) is 2. The van der Waals surface area contributed by atoms with E-state index in [1.807, 2.05) is 6.92 Å². The monoisotopic (exact) mass is 326 g/mol. The Hall–Kier alpha value is -1.92. The molecule has 1 saturated heterocycles. The van der Waals surface area contributed by atoms with E-state index < -0.39 is 18.1 Å². The number of carbonyl (C=O) groups is 2. The number of esters is 1. The van der Waals surface area contributed by atoms with Gasteiger partial charge in [0.1, 0.15) is 12.3 Å². The molecule has 1 aromatic rings. The summed E-state index contributed by atoms with van der Waals surface area (Å²) in [5, 5.41) is 0. The Morgan fingerprint density at radius 1 is 1.57 bits per heavy atom. The summed E-state index contributed by atoms with van der Waals surface area (Å²) in [6.45, 7) is 2.47. The number of methoxy groups -OCH3 is 1. The number of ether oxygens (including phenoxy) is 1. The van der Waals surface area contributed by atoms with Crippen molar-refractivity contribution in [3.05, 3.63) is 18.4 Å². The number of oxazole rings is 1. The van der Waals surface area contributed by atoms with Crippen molar-refractivity contribution in [3.8, 4) is 0 Å². The van der Waals surface area contributed by atoms with Crippen LogP contribution in [0.5, 0.6) is 0 Å². The molecule has 3 atom stereocenters. The lowest BCUT2D eigenvalue weighted by Crippen LogP contribution is -2.42. The van der Waals surface area contributed by atoms with E-state index >= 15 is 0 Å². The first kappa shape index (κ1) is 17.4. The summed E-state index contributed by atoms with van der Waals surface area (Å²) in [4.78, 5) is 30.1. The maximum atomic E-state index is 14.4. The van der Waals surface area contributed by atoms with Crippen molar-refractivity contribution in [2.45, 2.75) is 51.2 Å². The van der Waals surface area contributed by atoms with Gasteiger partial charge in [-0.1, -0.05) is 19.8 Å². The fourth-order valence-electron chi connectivity index (χ4n) is 3.00. The van der Waals surface area contributed by atoms with Crippen LogP contribution < -0.4 is 0 Å². The average molecular weight is 326 g/mol. The number of hydrogen-bond donors (Lipinski definition) is 0. The van der Waals surface area contributed by atoms with Crippen molar-refractivity contribution in [2.24, 2.45) is 5.92 Å². The van der Waals surface area contributed by atoms with Gasteiger partial charge in [0.25, 0.3) is 0 Å². The topological polar surface area (TPSA) is 72.6 Å². The van der Waals surface area contributed by atoms with Gasteiger partial charge in [-0.2, -0.15) is 0 Å². The molecule has 0 bridgehead atoms. The van der Waals surface area contributed by atoms with Crippen LogP contribution in [-0.4, -0.2) is 41.6 Å². The van der Waals surface area contributed by atoms with Crippen molar-refractivity contribution in [1.29, 1.82) is 0 Å². The van der Waals surface area contributed by atoms with Gasteiger partial charge in [0.2, 0.25) is 18.0 Å². The third-order valence-corrected chi connectivity index (χ3v) is 4.24. The minimum Gasteiger partial charge on any atom is -0.467 e. The molecule has 1 aliphatic rings. The molecule has 1 aliphatic heterocycles. The van der Waals surface area contributed by atoms with Crippen LogP contribution in [0.1, 0.15) is 51.0 Å². The highest BCUT2D eigenvalue weighted by Gasteiger charge is 2.41. The summed E-state index contributed by atoms with van der Waals surface area (Å²) >= 11 is 0. The zero-order valence-electron chi connectivity index (χ0n) is 13.5. The summed E-state index contributed by atoms with van der Waals surface area (Å²) in [5.41, 5.74) is 0. The number of amides is 1. The zero-order chi connectivity index (χ0) is 16.8. The van der Waals surface area contributed by atoms with Crippen LogP contribution in [0.2, 0.25) is 0 Å². The molecule has 0 aliphatic carbocycles. The van der Waals surface area contributed by atoms with Crippen LogP contribution in [0, 0.1) is 5.92 Å². The summed E-state index contributed by atoms with van der Waals surface area (Å²) < 4.78 is 24.2. The van der Waals surface area contributed by atoms with E-state index in [1.165, 1.54) is 12.5 Å². The van der Waals surface area contributed by atoms with Gasteiger partial charge in [-0.3, -0.25) is 4.79 Å². The van der Waals surface area contributed by atoms with E-state index in [4.69, 9.17) is 4.42 Å². The number of unbranched alkanes of at least 4 members (excludes halogenated alkanes) is 1. The second-order valence-electron chi connectivity index (χ2n) is 5.73. The lowest BCUT2D eigenvalue weighted by Gasteiger charge is -2.28. The van der Waals surface area contributed by atoms with Gasteiger partial charge in [-0.15, -0.1) is 0 Å². The van der Waals surface area contributed by atoms with Crippen LogP contribution in [0.15, 0.2) is 16.9 Å². The standard InChI is InChI=1S/C16H23FN2O4/c1-3-4-6-11(13(17)16(21)22-2)15(20)19-9-5-7-12(19)14-18-8-10-23-14/h8,10-13H,3-7,9H2,1-2H3/t11?,12-,13?/m0/s1. The molecule has 23 heavy (non-hydrogen) atoms. The summed E-state index contributed by atoms with van der Waals surface area (Å²) in [6, 6.07) is -0.286. The molecule has 7 heteroatoms. The summed E-state index contributed by atoms with van der Waals surface area (Å²) in [5.74, 6) is -1.92. The normalized spacial score (nSPS) is 20.3. The summed E-state index contributed by atoms with van der Waals surface area (Å²) in [7, 11) is 1.13. The maximum Gasteiger partial charge on any atom is 0.341 e. The molecule has 0 radical (unpaired) electrons. The van der Waals surface area contributed by atoms with Crippen molar-refractivity contribution in [3.63, 3.8) is 0 Å². The van der Waals surface area contributed by atoms with Crippen molar-refractivity contribution >= 4 is 11.9 Å². The summed E-state index contributed by atoms with van der Waals surface area (Å²) in [6.07, 6.45) is 4.38. The molecule has 128 valence electrons. The molecule has 1 aromatic heterocycles. The van der Waals surface area contributed by atoms with Gasteiger partial charge >= 0.3 is 5.97 Å². The first-order valence-corrected chi connectivity index (χ1v) is 8.01. The molecule has 0 N–H and O–H groups in total. The minimum absolute atomic E-state index is 0.286. The quantitative estimate of drug-likeness (QED) is 0.720. The van der Waals surface area contributed by atoms with Crippen LogP contribution in [0.25, 0.3) is 0 Å². The Bertz CT molecular complexity index is 520. The van der Waals surface area contributed by atoms with Gasteiger partial charge in [0.05, 0.1) is 19.2 Å². The van der Waals surface area contributed by atoms with E-state index in [9.17, 15) is 14.0 Å². The third-order valence-electron chi connectivity index (χ3n) is 4.24. The molecular formula is C16H23FN2O4. The minimum atomic E-state index is -1.94. The van der Waals surface area contributed by atoms with E-state index in [0.717, 1.165) is 26.4 Å². The number of rotatable bonds is 7.